The molecule has 0 radical (unpaired) electrons. The molecule has 0 aliphatic rings. The van der Waals surface area contributed by atoms with Gasteiger partial charge in [0.2, 0.25) is 5.91 Å². The smallest absolute Gasteiger partial charge is 0.224 e. The van der Waals surface area contributed by atoms with Gasteiger partial charge in [0.25, 0.3) is 0 Å². The van der Waals surface area contributed by atoms with Crippen molar-refractivity contribution >= 4 is 34.7 Å². The molecule has 35 heavy (non-hydrogen) atoms. The summed E-state index contributed by atoms with van der Waals surface area (Å²) in [7, 11) is 1.59. The van der Waals surface area contributed by atoms with Crippen LogP contribution in [0.3, 0.4) is 0 Å². The Kier molecular flexibility index (Phi) is 8.57. The van der Waals surface area contributed by atoms with Crippen LogP contribution in [0, 0.1) is 5.41 Å². The Morgan fingerprint density at radius 3 is 2.54 bits per heavy atom. The molecule has 8 N–H and O–H groups in total. The van der Waals surface area contributed by atoms with Crippen LogP contribution < -0.4 is 22.1 Å². The molecule has 0 fully saturated rings. The molecule has 1 amide bonds. The summed E-state index contributed by atoms with van der Waals surface area (Å²) in [6.45, 7) is 2.61. The standard InChI is InChI=1S/C26H30ClN5O3/c1-15(14-35-2)32-22-12-21(27)24(18-4-3-5-19(28)10-18)20(25(22)34)11-23(33)31-13-16-6-8-17(9-7-16)26(29)30/h3-10,12,15,32,34H,11,13-14,28H2,1-2H3,(H3,29,30)(H,31,33). The van der Waals surface area contributed by atoms with E-state index in [4.69, 9.17) is 33.2 Å². The average molecular weight is 496 g/mol. The topological polar surface area (TPSA) is 146 Å². The second kappa shape index (κ2) is 11.6. The molecular formula is C26H30ClN5O3. The van der Waals surface area contributed by atoms with Crippen molar-refractivity contribution in [2.24, 2.45) is 5.73 Å². The molecule has 0 aliphatic heterocycles. The molecular weight excluding hydrogens is 466 g/mol. The molecule has 9 heteroatoms. The Bertz CT molecular complexity index is 1210. The maximum absolute atomic E-state index is 12.9. The minimum absolute atomic E-state index is 0.0182. The highest BCUT2D eigenvalue weighted by Gasteiger charge is 2.21. The van der Waals surface area contributed by atoms with Crippen molar-refractivity contribution in [2.45, 2.75) is 25.9 Å². The fraction of sp³-hybridized carbons (Fsp3) is 0.231. The Balaban J connectivity index is 1.90. The van der Waals surface area contributed by atoms with Gasteiger partial charge in [0, 0.05) is 42.1 Å². The molecule has 3 aromatic carbocycles. The van der Waals surface area contributed by atoms with Gasteiger partial charge in [-0.2, -0.15) is 0 Å². The number of halogens is 1. The number of anilines is 2. The zero-order chi connectivity index (χ0) is 25.5. The number of aromatic hydroxyl groups is 1. The minimum Gasteiger partial charge on any atom is -0.505 e. The van der Waals surface area contributed by atoms with Crippen LogP contribution in [0.5, 0.6) is 5.75 Å². The number of phenols is 1. The molecule has 1 atom stereocenters. The summed E-state index contributed by atoms with van der Waals surface area (Å²) < 4.78 is 5.17. The number of amidine groups is 1. The third-order valence-corrected chi connectivity index (χ3v) is 5.74. The van der Waals surface area contributed by atoms with Crippen molar-refractivity contribution in [3.63, 3.8) is 0 Å². The van der Waals surface area contributed by atoms with Crippen LogP contribution in [0.2, 0.25) is 5.02 Å². The van der Waals surface area contributed by atoms with E-state index in [0.29, 0.717) is 45.3 Å². The Hall–Kier alpha value is -3.75. The zero-order valence-corrected chi connectivity index (χ0v) is 20.4. The largest absolute Gasteiger partial charge is 0.505 e. The highest BCUT2D eigenvalue weighted by Crippen LogP contribution is 2.42. The van der Waals surface area contributed by atoms with E-state index in [2.05, 4.69) is 10.6 Å². The van der Waals surface area contributed by atoms with E-state index >= 15 is 0 Å². The van der Waals surface area contributed by atoms with E-state index in [1.807, 2.05) is 13.0 Å². The van der Waals surface area contributed by atoms with Gasteiger partial charge in [0.15, 0.2) is 0 Å². The molecule has 1 unspecified atom stereocenters. The summed E-state index contributed by atoms with van der Waals surface area (Å²) in [4.78, 5) is 12.9. The number of amides is 1. The van der Waals surface area contributed by atoms with E-state index in [1.54, 1.807) is 55.6 Å². The first-order valence-electron chi connectivity index (χ1n) is 11.0. The highest BCUT2D eigenvalue weighted by atomic mass is 35.5. The third kappa shape index (κ3) is 6.65. The molecule has 0 bridgehead atoms. The van der Waals surface area contributed by atoms with Crippen molar-refractivity contribution in [3.05, 3.63) is 76.3 Å². The van der Waals surface area contributed by atoms with E-state index in [1.165, 1.54) is 0 Å². The number of hydrogen-bond acceptors (Lipinski definition) is 6. The number of methoxy groups -OCH3 is 1. The Labute approximate surface area is 209 Å². The molecule has 184 valence electrons. The maximum Gasteiger partial charge on any atom is 0.224 e. The minimum atomic E-state index is -0.292. The molecule has 8 nitrogen and oxygen atoms in total. The molecule has 0 saturated heterocycles. The normalized spacial score (nSPS) is 11.6. The lowest BCUT2D eigenvalue weighted by Crippen LogP contribution is -2.25. The molecule has 3 aromatic rings. The number of benzene rings is 3. The van der Waals surface area contributed by atoms with E-state index in [-0.39, 0.29) is 36.5 Å². The van der Waals surface area contributed by atoms with Gasteiger partial charge in [-0.25, -0.2) is 0 Å². The van der Waals surface area contributed by atoms with Crippen LogP contribution in [-0.2, 0) is 22.5 Å². The van der Waals surface area contributed by atoms with Gasteiger partial charge in [0.1, 0.15) is 11.6 Å². The van der Waals surface area contributed by atoms with Crippen LogP contribution in [0.25, 0.3) is 11.1 Å². The molecule has 0 aromatic heterocycles. The molecule has 0 heterocycles. The van der Waals surface area contributed by atoms with Crippen molar-refractivity contribution < 1.29 is 14.6 Å². The SMILES string of the molecule is COCC(C)Nc1cc(Cl)c(-c2cccc(N)c2)c(CC(=O)NCc2ccc(C(=N)N)cc2)c1O. The molecule has 0 spiro atoms. The van der Waals surface area contributed by atoms with Crippen LogP contribution in [-0.4, -0.2) is 36.6 Å². The van der Waals surface area contributed by atoms with E-state index in [9.17, 15) is 9.90 Å². The van der Waals surface area contributed by atoms with Crippen LogP contribution in [0.4, 0.5) is 11.4 Å². The van der Waals surface area contributed by atoms with Gasteiger partial charge in [-0.05, 0) is 36.2 Å². The fourth-order valence-corrected chi connectivity index (χ4v) is 4.10. The van der Waals surface area contributed by atoms with Gasteiger partial charge in [0.05, 0.1) is 23.7 Å². The monoisotopic (exact) mass is 495 g/mol. The van der Waals surface area contributed by atoms with Gasteiger partial charge >= 0.3 is 0 Å². The van der Waals surface area contributed by atoms with Crippen molar-refractivity contribution in [2.75, 3.05) is 24.8 Å². The number of nitrogens with two attached hydrogens (primary N) is 2. The lowest BCUT2D eigenvalue weighted by Gasteiger charge is -2.21. The average Bonchev–Trinajstić information content (AvgIpc) is 2.81. The first kappa shape index (κ1) is 25.9. The fourth-order valence-electron chi connectivity index (χ4n) is 3.76. The van der Waals surface area contributed by atoms with Crippen molar-refractivity contribution in [1.82, 2.24) is 5.32 Å². The Morgan fingerprint density at radius 2 is 1.91 bits per heavy atom. The quantitative estimate of drug-likeness (QED) is 0.109. The number of carbonyl (C=O) groups excluding carboxylic acids is 1. The number of rotatable bonds is 10. The lowest BCUT2D eigenvalue weighted by atomic mass is 9.94. The Morgan fingerprint density at radius 1 is 1.20 bits per heavy atom. The van der Waals surface area contributed by atoms with Crippen molar-refractivity contribution in [1.29, 1.82) is 5.41 Å². The zero-order valence-electron chi connectivity index (χ0n) is 19.7. The summed E-state index contributed by atoms with van der Waals surface area (Å²) in [6.07, 6.45) is -0.102. The number of nitrogens with one attached hydrogen (secondary N) is 3. The second-order valence-electron chi connectivity index (χ2n) is 8.30. The number of hydrogen-bond donors (Lipinski definition) is 6. The predicted molar refractivity (Wildman–Crippen MR) is 141 cm³/mol. The molecule has 0 saturated carbocycles. The number of ether oxygens (including phenoxy) is 1. The van der Waals surface area contributed by atoms with E-state index < -0.39 is 0 Å². The van der Waals surface area contributed by atoms with Crippen LogP contribution in [0.15, 0.2) is 54.6 Å². The number of carbonyl (C=O) groups is 1. The van der Waals surface area contributed by atoms with Crippen LogP contribution in [0.1, 0.15) is 23.6 Å². The predicted octanol–water partition coefficient (Wildman–Crippen LogP) is 3.88. The first-order valence-corrected chi connectivity index (χ1v) is 11.4. The summed E-state index contributed by atoms with van der Waals surface area (Å²) in [5.74, 6) is -0.370. The maximum atomic E-state index is 12.9. The summed E-state index contributed by atoms with van der Waals surface area (Å²) in [6, 6.07) is 15.7. The first-order chi connectivity index (χ1) is 16.7. The summed E-state index contributed by atoms with van der Waals surface area (Å²) in [5.41, 5.74) is 15.5. The van der Waals surface area contributed by atoms with Gasteiger partial charge in [-0.3, -0.25) is 10.2 Å². The molecule has 3 rings (SSSR count). The summed E-state index contributed by atoms with van der Waals surface area (Å²) >= 11 is 6.67. The second-order valence-corrected chi connectivity index (χ2v) is 8.71. The van der Waals surface area contributed by atoms with Gasteiger partial charge in [-0.1, -0.05) is 48.0 Å². The van der Waals surface area contributed by atoms with E-state index in [0.717, 1.165) is 5.56 Å². The number of phenolic OH excluding ortho intramolecular Hbond substituents is 1. The highest BCUT2D eigenvalue weighted by molar-refractivity contribution is 6.34. The lowest BCUT2D eigenvalue weighted by molar-refractivity contribution is -0.120. The van der Waals surface area contributed by atoms with Crippen LogP contribution >= 0.6 is 11.6 Å². The van der Waals surface area contributed by atoms with Crippen molar-refractivity contribution in [3.8, 4) is 16.9 Å². The summed E-state index contributed by atoms with van der Waals surface area (Å²) in [5, 5.41) is 25.1. The molecule has 0 aliphatic carbocycles. The number of nitrogen functional groups attached to an aromatic ring is 2. The van der Waals surface area contributed by atoms with Gasteiger partial charge < -0.3 is 31.9 Å². The van der Waals surface area contributed by atoms with Gasteiger partial charge in [-0.15, -0.1) is 0 Å². The third-order valence-electron chi connectivity index (χ3n) is 5.44.